The Bertz CT molecular complexity index is 1500. The molecule has 212 valence electrons. The average Bonchev–Trinajstić information content (AvgIpc) is 3.43. The molecule has 0 aliphatic carbocycles. The van der Waals surface area contributed by atoms with Crippen LogP contribution in [-0.4, -0.2) is 45.4 Å². The first-order valence-electron chi connectivity index (χ1n) is 13.1. The molecule has 0 saturated carbocycles. The second-order valence-electron chi connectivity index (χ2n) is 10.4. The number of pyridine rings is 1. The van der Waals surface area contributed by atoms with Gasteiger partial charge in [0, 0.05) is 11.8 Å². The zero-order valence-electron chi connectivity index (χ0n) is 22.9. The van der Waals surface area contributed by atoms with E-state index in [0.29, 0.717) is 29.6 Å². The van der Waals surface area contributed by atoms with Crippen LogP contribution in [0.3, 0.4) is 0 Å². The molecule has 41 heavy (non-hydrogen) atoms. The maximum Gasteiger partial charge on any atom is 0.408 e. The molecule has 0 bridgehead atoms. The third-order valence-corrected chi connectivity index (χ3v) is 5.94. The third-order valence-electron chi connectivity index (χ3n) is 5.94. The van der Waals surface area contributed by atoms with Crippen LogP contribution in [0.1, 0.15) is 43.9 Å². The summed E-state index contributed by atoms with van der Waals surface area (Å²) in [6.45, 7) is 5.55. The van der Waals surface area contributed by atoms with E-state index in [2.05, 4.69) is 20.4 Å². The van der Waals surface area contributed by atoms with Gasteiger partial charge in [0.2, 0.25) is 11.7 Å². The largest absolute Gasteiger partial charge is 0.484 e. The minimum atomic E-state index is -1.12. The molecular weight excluding hydrogens is 528 g/mol. The molecule has 0 spiro atoms. The van der Waals surface area contributed by atoms with Gasteiger partial charge in [-0.1, -0.05) is 53.7 Å². The fourth-order valence-electron chi connectivity index (χ4n) is 4.05. The van der Waals surface area contributed by atoms with E-state index in [9.17, 15) is 9.59 Å². The summed E-state index contributed by atoms with van der Waals surface area (Å²) in [6, 6.07) is 19.2. The number of nitrogens with one attached hydrogen (secondary N) is 1. The maximum atomic E-state index is 13.0. The van der Waals surface area contributed by atoms with E-state index >= 15 is 0 Å². The van der Waals surface area contributed by atoms with Gasteiger partial charge in [-0.2, -0.15) is 4.98 Å². The molecule has 2 atom stereocenters. The molecule has 5 rings (SSSR count). The van der Waals surface area contributed by atoms with Gasteiger partial charge in [-0.05, 0) is 50.1 Å². The number of carbonyl (C=O) groups is 2. The van der Waals surface area contributed by atoms with Crippen LogP contribution < -0.4 is 14.8 Å². The van der Waals surface area contributed by atoms with E-state index in [-0.39, 0.29) is 25.0 Å². The Morgan fingerprint density at radius 1 is 1.07 bits per heavy atom. The Hall–Kier alpha value is -4.93. The predicted molar refractivity (Wildman–Crippen MR) is 146 cm³/mol. The number of aromatic nitrogens is 3. The summed E-state index contributed by atoms with van der Waals surface area (Å²) in [5.41, 5.74) is 1.58. The molecule has 1 aliphatic heterocycles. The Labute approximate surface area is 236 Å². The Balaban J connectivity index is 1.29. The predicted octanol–water partition coefficient (Wildman–Crippen LogP) is 4.82. The van der Waals surface area contributed by atoms with Gasteiger partial charge in [0.05, 0.1) is 6.42 Å². The number of benzene rings is 2. The van der Waals surface area contributed by atoms with Gasteiger partial charge in [0.25, 0.3) is 5.88 Å². The number of fused-ring (bicyclic) bond motifs is 1. The number of hydrogen-bond donors (Lipinski definition) is 1. The molecule has 0 saturated heterocycles. The van der Waals surface area contributed by atoms with Crippen molar-refractivity contribution in [3.05, 3.63) is 89.9 Å². The van der Waals surface area contributed by atoms with Gasteiger partial charge in [-0.25, -0.2) is 14.6 Å². The number of hydrogen-bond acceptors (Lipinski definition) is 10. The molecule has 3 heterocycles. The summed E-state index contributed by atoms with van der Waals surface area (Å²) < 4.78 is 28.1. The van der Waals surface area contributed by atoms with E-state index in [1.54, 1.807) is 39.1 Å². The second kappa shape index (κ2) is 12.1. The highest BCUT2D eigenvalue weighted by Gasteiger charge is 2.29. The Morgan fingerprint density at radius 3 is 2.71 bits per heavy atom. The number of amides is 1. The highest BCUT2D eigenvalue weighted by molar-refractivity contribution is 5.81. The molecule has 0 unspecified atom stereocenters. The van der Waals surface area contributed by atoms with Crippen LogP contribution in [0.15, 0.2) is 77.4 Å². The minimum Gasteiger partial charge on any atom is -0.484 e. The number of alkyl carbamates (subject to hydrolysis) is 1. The molecule has 1 amide bonds. The standard InChI is InChI=1S/C30H30N4O7/c1-30(2,3)40-29(36)32-22(28(35)38-17-19-9-5-4-6-10-19)16-25-33-26(34-41-25)21-12-7-11-20(15-21)24-18-37-23-13-8-14-31-27(23)39-24/h4-15,22,24H,16-18H2,1-3H3,(H,32,36)/t22-,24-/m0/s1. The zero-order valence-corrected chi connectivity index (χ0v) is 22.9. The topological polar surface area (TPSA) is 135 Å². The molecule has 2 aromatic heterocycles. The molecule has 1 N–H and O–H groups in total. The highest BCUT2D eigenvalue weighted by atomic mass is 16.6. The monoisotopic (exact) mass is 558 g/mol. The average molecular weight is 559 g/mol. The van der Waals surface area contributed by atoms with Crippen LogP contribution >= 0.6 is 0 Å². The van der Waals surface area contributed by atoms with E-state index in [0.717, 1.165) is 11.1 Å². The van der Waals surface area contributed by atoms with Crippen molar-refractivity contribution in [3.63, 3.8) is 0 Å². The van der Waals surface area contributed by atoms with Crippen molar-refractivity contribution < 1.29 is 33.1 Å². The molecule has 1 aliphatic rings. The molecule has 0 radical (unpaired) electrons. The van der Waals surface area contributed by atoms with Crippen molar-refractivity contribution in [2.45, 2.75) is 51.5 Å². The summed E-state index contributed by atoms with van der Waals surface area (Å²) >= 11 is 0. The first-order valence-corrected chi connectivity index (χ1v) is 13.1. The van der Waals surface area contributed by atoms with Crippen LogP contribution in [0, 0.1) is 0 Å². The highest BCUT2D eigenvalue weighted by Crippen LogP contribution is 2.34. The summed E-state index contributed by atoms with van der Waals surface area (Å²) in [6.07, 6.45) is 0.411. The normalized spacial score (nSPS) is 15.0. The molecule has 2 aromatic carbocycles. The van der Waals surface area contributed by atoms with Gasteiger partial charge in [0.1, 0.15) is 24.9 Å². The lowest BCUT2D eigenvalue weighted by molar-refractivity contribution is -0.147. The van der Waals surface area contributed by atoms with Crippen LogP contribution in [0.5, 0.6) is 11.6 Å². The minimum absolute atomic E-state index is 0.0427. The maximum absolute atomic E-state index is 13.0. The smallest absolute Gasteiger partial charge is 0.408 e. The quantitative estimate of drug-likeness (QED) is 0.300. The van der Waals surface area contributed by atoms with E-state index in [1.807, 2.05) is 54.6 Å². The van der Waals surface area contributed by atoms with E-state index in [1.165, 1.54) is 0 Å². The van der Waals surface area contributed by atoms with Crippen molar-refractivity contribution in [1.29, 1.82) is 0 Å². The van der Waals surface area contributed by atoms with Crippen LogP contribution in [-0.2, 0) is 27.3 Å². The third kappa shape index (κ3) is 7.38. The number of carbonyl (C=O) groups excluding carboxylic acids is 2. The van der Waals surface area contributed by atoms with Crippen LogP contribution in [0.4, 0.5) is 4.79 Å². The van der Waals surface area contributed by atoms with Crippen molar-refractivity contribution >= 4 is 12.1 Å². The van der Waals surface area contributed by atoms with Crippen molar-refractivity contribution in [1.82, 2.24) is 20.4 Å². The van der Waals surface area contributed by atoms with E-state index < -0.39 is 23.7 Å². The fraction of sp³-hybridized carbons (Fsp3) is 0.300. The summed E-state index contributed by atoms with van der Waals surface area (Å²) in [5.74, 6) is 0.812. The molecule has 0 fully saturated rings. The summed E-state index contributed by atoms with van der Waals surface area (Å²) in [4.78, 5) is 34.2. The van der Waals surface area contributed by atoms with Crippen LogP contribution in [0.25, 0.3) is 11.4 Å². The summed E-state index contributed by atoms with van der Waals surface area (Å²) in [7, 11) is 0. The van der Waals surface area contributed by atoms with Gasteiger partial charge in [0.15, 0.2) is 11.9 Å². The SMILES string of the molecule is CC(C)(C)OC(=O)N[C@@H](Cc1nc(-c2cccc([C@@H]3COc4cccnc4O3)c2)no1)C(=O)OCc1ccccc1. The number of esters is 1. The van der Waals surface area contributed by atoms with E-state index in [4.69, 9.17) is 23.5 Å². The molecule has 4 aromatic rings. The Morgan fingerprint density at radius 2 is 1.90 bits per heavy atom. The van der Waals surface area contributed by atoms with Gasteiger partial charge in [-0.15, -0.1) is 0 Å². The lowest BCUT2D eigenvalue weighted by Gasteiger charge is -2.25. The van der Waals surface area contributed by atoms with Gasteiger partial charge >= 0.3 is 12.1 Å². The Kier molecular flexibility index (Phi) is 8.14. The molecular formula is C30H30N4O7. The molecule has 11 nitrogen and oxygen atoms in total. The summed E-state index contributed by atoms with van der Waals surface area (Å²) in [5, 5.41) is 6.65. The first-order chi connectivity index (χ1) is 19.7. The van der Waals surface area contributed by atoms with Crippen LogP contribution in [0.2, 0.25) is 0 Å². The number of rotatable bonds is 8. The van der Waals surface area contributed by atoms with Crippen molar-refractivity contribution in [3.8, 4) is 23.0 Å². The van der Waals surface area contributed by atoms with Crippen molar-refractivity contribution in [2.75, 3.05) is 6.61 Å². The number of nitrogens with zero attached hydrogens (tertiary/aromatic N) is 3. The first kappa shape index (κ1) is 27.6. The lowest BCUT2D eigenvalue weighted by Crippen LogP contribution is -2.45. The fourth-order valence-corrected chi connectivity index (χ4v) is 4.05. The zero-order chi connectivity index (χ0) is 28.8. The molecule has 11 heteroatoms. The van der Waals surface area contributed by atoms with Crippen molar-refractivity contribution in [2.24, 2.45) is 0 Å². The number of ether oxygens (including phenoxy) is 4. The lowest BCUT2D eigenvalue weighted by atomic mass is 10.1. The van der Waals surface area contributed by atoms with Gasteiger partial charge in [-0.3, -0.25) is 0 Å². The second-order valence-corrected chi connectivity index (χ2v) is 10.4. The van der Waals surface area contributed by atoms with Gasteiger partial charge < -0.3 is 28.8 Å².